The first-order valence-corrected chi connectivity index (χ1v) is 10.3. The molecule has 0 bridgehead atoms. The lowest BCUT2D eigenvalue weighted by molar-refractivity contribution is 0.0922. The van der Waals surface area contributed by atoms with Crippen molar-refractivity contribution < 1.29 is 9.21 Å². The van der Waals surface area contributed by atoms with Crippen LogP contribution in [0.4, 0.5) is 5.82 Å². The number of nitrogens with one attached hydrogen (secondary N) is 1. The van der Waals surface area contributed by atoms with Crippen molar-refractivity contribution >= 4 is 23.5 Å². The van der Waals surface area contributed by atoms with Gasteiger partial charge in [0, 0.05) is 30.9 Å². The van der Waals surface area contributed by atoms with Crippen LogP contribution in [0.5, 0.6) is 0 Å². The van der Waals surface area contributed by atoms with Gasteiger partial charge in [0.25, 0.3) is 5.91 Å². The summed E-state index contributed by atoms with van der Waals surface area (Å²) in [7, 11) is 0. The Balaban J connectivity index is 1.66. The molecule has 26 heavy (non-hydrogen) atoms. The number of hydrogen-bond donors (Lipinski definition) is 1. The second-order valence-corrected chi connectivity index (χ2v) is 7.27. The van der Waals surface area contributed by atoms with E-state index in [0.717, 1.165) is 54.8 Å². The summed E-state index contributed by atoms with van der Waals surface area (Å²) in [6.45, 7) is 8.18. The Bertz CT molecular complexity index is 754. The molecule has 0 unspecified atom stereocenters. The second kappa shape index (κ2) is 8.58. The van der Waals surface area contributed by atoms with Gasteiger partial charge in [-0.25, -0.2) is 9.97 Å². The molecule has 1 fully saturated rings. The Morgan fingerprint density at radius 3 is 2.69 bits per heavy atom. The fourth-order valence-electron chi connectivity index (χ4n) is 2.61. The van der Waals surface area contributed by atoms with Gasteiger partial charge in [-0.05, 0) is 45.2 Å². The molecule has 1 saturated carbocycles. The molecule has 2 aromatic rings. The topological polar surface area (TPSA) is 71.3 Å². The summed E-state index contributed by atoms with van der Waals surface area (Å²) in [5.74, 6) is 2.57. The monoisotopic (exact) mass is 374 g/mol. The molecule has 0 saturated heterocycles. The van der Waals surface area contributed by atoms with E-state index in [0.29, 0.717) is 17.6 Å². The molecule has 6 nitrogen and oxygen atoms in total. The average molecular weight is 375 g/mol. The van der Waals surface area contributed by atoms with Crippen LogP contribution in [0.15, 0.2) is 27.8 Å². The highest BCUT2D eigenvalue weighted by Gasteiger charge is 2.25. The van der Waals surface area contributed by atoms with Crippen molar-refractivity contribution in [3.05, 3.63) is 35.4 Å². The molecule has 140 valence electrons. The molecular weight excluding hydrogens is 348 g/mol. The van der Waals surface area contributed by atoms with Gasteiger partial charge < -0.3 is 14.6 Å². The Morgan fingerprint density at radius 1 is 1.27 bits per heavy atom. The van der Waals surface area contributed by atoms with Gasteiger partial charge >= 0.3 is 0 Å². The van der Waals surface area contributed by atoms with Gasteiger partial charge in [0.2, 0.25) is 0 Å². The van der Waals surface area contributed by atoms with Crippen LogP contribution in [-0.4, -0.2) is 35.0 Å². The SMILES string of the molecule is CCc1cc(N(CC)CC)nc(SCc2ccc(C(=O)NC3CC3)o2)n1. The molecule has 0 atom stereocenters. The van der Waals surface area contributed by atoms with Crippen molar-refractivity contribution in [2.75, 3.05) is 18.0 Å². The zero-order valence-corrected chi connectivity index (χ0v) is 16.4. The van der Waals surface area contributed by atoms with Crippen molar-refractivity contribution in [1.29, 1.82) is 0 Å². The first kappa shape index (κ1) is 18.8. The van der Waals surface area contributed by atoms with Crippen LogP contribution in [0, 0.1) is 0 Å². The maximum atomic E-state index is 12.0. The van der Waals surface area contributed by atoms with Gasteiger partial charge in [0.15, 0.2) is 10.9 Å². The summed E-state index contributed by atoms with van der Waals surface area (Å²) in [5.41, 5.74) is 1.04. The lowest BCUT2D eigenvalue weighted by Crippen LogP contribution is -2.24. The highest BCUT2D eigenvalue weighted by atomic mass is 32.2. The van der Waals surface area contributed by atoms with E-state index in [2.05, 4.69) is 47.0 Å². The standard InChI is InChI=1S/C19H26N4O2S/c1-4-13-11-17(23(5-2)6-3)22-19(21-13)26-12-15-9-10-16(25-15)18(24)20-14-7-8-14/h9-11,14H,4-8,12H2,1-3H3,(H,20,24). The molecule has 2 aromatic heterocycles. The maximum absolute atomic E-state index is 12.0. The van der Waals surface area contributed by atoms with Crippen LogP contribution < -0.4 is 10.2 Å². The van der Waals surface area contributed by atoms with Gasteiger partial charge in [-0.3, -0.25) is 4.79 Å². The summed E-state index contributed by atoms with van der Waals surface area (Å²) in [5, 5.41) is 3.68. The van der Waals surface area contributed by atoms with Crippen LogP contribution in [0.2, 0.25) is 0 Å². The number of thioether (sulfide) groups is 1. The molecule has 1 aliphatic carbocycles. The van der Waals surface area contributed by atoms with Crippen molar-refractivity contribution in [2.45, 2.75) is 57.0 Å². The molecule has 1 amide bonds. The molecule has 0 spiro atoms. The number of furan rings is 1. The minimum Gasteiger partial charge on any atom is -0.455 e. The first-order chi connectivity index (χ1) is 12.6. The molecule has 0 aromatic carbocycles. The Kier molecular flexibility index (Phi) is 6.19. The second-order valence-electron chi connectivity index (χ2n) is 6.33. The molecule has 7 heteroatoms. The smallest absolute Gasteiger partial charge is 0.287 e. The van der Waals surface area contributed by atoms with Crippen LogP contribution in [0.25, 0.3) is 0 Å². The maximum Gasteiger partial charge on any atom is 0.287 e. The van der Waals surface area contributed by atoms with Gasteiger partial charge in [-0.1, -0.05) is 18.7 Å². The molecule has 1 aliphatic rings. The lowest BCUT2D eigenvalue weighted by Gasteiger charge is -2.20. The third-order valence-electron chi connectivity index (χ3n) is 4.34. The first-order valence-electron chi connectivity index (χ1n) is 9.28. The van der Waals surface area contributed by atoms with E-state index in [1.54, 1.807) is 6.07 Å². The van der Waals surface area contributed by atoms with Crippen LogP contribution in [0.3, 0.4) is 0 Å². The number of aromatic nitrogens is 2. The number of hydrogen-bond acceptors (Lipinski definition) is 6. The molecule has 2 heterocycles. The van der Waals surface area contributed by atoms with E-state index >= 15 is 0 Å². The van der Waals surface area contributed by atoms with E-state index in [9.17, 15) is 4.79 Å². The number of aryl methyl sites for hydroxylation is 1. The highest BCUT2D eigenvalue weighted by molar-refractivity contribution is 7.98. The molecule has 0 radical (unpaired) electrons. The minimum atomic E-state index is -0.128. The van der Waals surface area contributed by atoms with Crippen LogP contribution in [-0.2, 0) is 12.2 Å². The summed E-state index contributed by atoms with van der Waals surface area (Å²) >= 11 is 1.53. The van der Waals surface area contributed by atoms with Gasteiger partial charge in [0.05, 0.1) is 5.75 Å². The zero-order valence-electron chi connectivity index (χ0n) is 15.6. The van der Waals surface area contributed by atoms with E-state index in [4.69, 9.17) is 4.42 Å². The Labute approximate surface area is 158 Å². The van der Waals surface area contributed by atoms with E-state index in [1.165, 1.54) is 11.8 Å². The van der Waals surface area contributed by atoms with E-state index in [1.807, 2.05) is 6.07 Å². The normalized spacial score (nSPS) is 13.7. The summed E-state index contributed by atoms with van der Waals surface area (Å²) in [6, 6.07) is 5.97. The summed E-state index contributed by atoms with van der Waals surface area (Å²) in [4.78, 5) is 23.5. The number of carbonyl (C=O) groups excluding carboxylic acids is 1. The third-order valence-corrected chi connectivity index (χ3v) is 5.21. The fraction of sp³-hybridized carbons (Fsp3) is 0.526. The number of anilines is 1. The zero-order chi connectivity index (χ0) is 18.5. The minimum absolute atomic E-state index is 0.128. The number of carbonyl (C=O) groups is 1. The molecule has 3 rings (SSSR count). The molecular formula is C19H26N4O2S. The predicted octanol–water partition coefficient (Wildman–Crippen LogP) is 3.66. The largest absolute Gasteiger partial charge is 0.455 e. The van der Waals surface area contributed by atoms with Crippen LogP contribution >= 0.6 is 11.8 Å². The molecule has 0 aliphatic heterocycles. The number of nitrogens with zero attached hydrogens (tertiary/aromatic N) is 3. The Hall–Kier alpha value is -2.02. The van der Waals surface area contributed by atoms with Gasteiger partial charge in [0.1, 0.15) is 11.6 Å². The van der Waals surface area contributed by atoms with Crippen molar-refractivity contribution in [3.63, 3.8) is 0 Å². The van der Waals surface area contributed by atoms with Gasteiger partial charge in [-0.15, -0.1) is 0 Å². The predicted molar refractivity (Wildman–Crippen MR) is 104 cm³/mol. The Morgan fingerprint density at radius 2 is 2.04 bits per heavy atom. The van der Waals surface area contributed by atoms with Gasteiger partial charge in [-0.2, -0.15) is 0 Å². The molecule has 1 N–H and O–H groups in total. The van der Waals surface area contributed by atoms with Crippen molar-refractivity contribution in [1.82, 2.24) is 15.3 Å². The lowest BCUT2D eigenvalue weighted by atomic mass is 10.3. The van der Waals surface area contributed by atoms with Crippen LogP contribution in [0.1, 0.15) is 55.6 Å². The number of rotatable bonds is 9. The number of amides is 1. The van der Waals surface area contributed by atoms with E-state index in [-0.39, 0.29) is 5.91 Å². The third kappa shape index (κ3) is 4.78. The summed E-state index contributed by atoms with van der Waals surface area (Å²) in [6.07, 6.45) is 3.00. The highest BCUT2D eigenvalue weighted by Crippen LogP contribution is 2.25. The van der Waals surface area contributed by atoms with Crippen molar-refractivity contribution in [3.8, 4) is 0 Å². The average Bonchev–Trinajstić information content (AvgIpc) is 3.34. The quantitative estimate of drug-likeness (QED) is 0.533. The van der Waals surface area contributed by atoms with E-state index < -0.39 is 0 Å². The fourth-order valence-corrected chi connectivity index (χ4v) is 3.38. The summed E-state index contributed by atoms with van der Waals surface area (Å²) < 4.78 is 5.67. The van der Waals surface area contributed by atoms with Crippen molar-refractivity contribution in [2.24, 2.45) is 0 Å².